The molecule has 0 amide bonds. The van der Waals surface area contributed by atoms with Crippen molar-refractivity contribution < 1.29 is 4.79 Å². The minimum absolute atomic E-state index is 0.0287. The maximum Gasteiger partial charge on any atom is 0.149 e. The second-order valence-electron chi connectivity index (χ2n) is 4.44. The van der Waals surface area contributed by atoms with Gasteiger partial charge in [0.1, 0.15) is 5.78 Å². The molecule has 0 heterocycles. The van der Waals surface area contributed by atoms with Gasteiger partial charge in [-0.05, 0) is 43.4 Å². The van der Waals surface area contributed by atoms with E-state index in [9.17, 15) is 4.79 Å². The van der Waals surface area contributed by atoms with E-state index in [-0.39, 0.29) is 4.83 Å². The Balaban J connectivity index is 2.05. The van der Waals surface area contributed by atoms with Gasteiger partial charge in [-0.2, -0.15) is 0 Å². The minimum atomic E-state index is -0.0287. The third-order valence-corrected chi connectivity index (χ3v) is 4.41. The Morgan fingerprint density at radius 3 is 2.75 bits per heavy atom. The summed E-state index contributed by atoms with van der Waals surface area (Å²) in [6.45, 7) is 2.06. The van der Waals surface area contributed by atoms with Crippen molar-refractivity contribution in [3.05, 3.63) is 33.8 Å². The van der Waals surface area contributed by atoms with Crippen molar-refractivity contribution in [2.45, 2.75) is 31.0 Å². The number of carbonyl (C=O) groups excluding carboxylic acids is 1. The largest absolute Gasteiger partial charge is 0.298 e. The molecule has 1 aliphatic carbocycles. The third kappa shape index (κ3) is 2.95. The Bertz CT molecular complexity index is 410. The van der Waals surface area contributed by atoms with Crippen molar-refractivity contribution >= 4 is 37.6 Å². The van der Waals surface area contributed by atoms with Crippen molar-refractivity contribution in [2.24, 2.45) is 5.92 Å². The lowest BCUT2D eigenvalue weighted by Gasteiger charge is -2.10. The summed E-state index contributed by atoms with van der Waals surface area (Å²) >= 11 is 7.05. The van der Waals surface area contributed by atoms with E-state index in [1.165, 1.54) is 11.1 Å². The lowest BCUT2D eigenvalue weighted by Crippen LogP contribution is -2.18. The van der Waals surface area contributed by atoms with E-state index in [1.54, 1.807) is 0 Å². The number of rotatable bonds is 4. The molecular formula is C13H14Br2O. The summed E-state index contributed by atoms with van der Waals surface area (Å²) < 4.78 is 1.10. The fraction of sp³-hybridized carbons (Fsp3) is 0.462. The van der Waals surface area contributed by atoms with E-state index in [1.807, 2.05) is 0 Å². The van der Waals surface area contributed by atoms with Crippen molar-refractivity contribution in [3.8, 4) is 0 Å². The summed E-state index contributed by atoms with van der Waals surface area (Å²) in [5, 5.41) is 0. The molecule has 1 nitrogen and oxygen atoms in total. The standard InChI is InChI=1S/C13H14Br2O/c1-8-2-3-10(11(14)6-8)7-12(15)13(16)9-4-5-9/h2-3,6,9,12H,4-5,7H2,1H3. The van der Waals surface area contributed by atoms with Crippen LogP contribution in [0, 0.1) is 12.8 Å². The van der Waals surface area contributed by atoms with Crippen LogP contribution in [0.3, 0.4) is 0 Å². The fourth-order valence-electron chi connectivity index (χ4n) is 1.74. The van der Waals surface area contributed by atoms with Gasteiger partial charge in [-0.25, -0.2) is 0 Å². The third-order valence-electron chi connectivity index (χ3n) is 2.90. The van der Waals surface area contributed by atoms with Gasteiger partial charge in [0.05, 0.1) is 4.83 Å². The Labute approximate surface area is 113 Å². The Kier molecular flexibility index (Phi) is 3.85. The van der Waals surface area contributed by atoms with Gasteiger partial charge in [0.15, 0.2) is 0 Å². The number of hydrogen-bond donors (Lipinski definition) is 0. The average Bonchev–Trinajstić information content (AvgIpc) is 3.04. The molecule has 0 N–H and O–H groups in total. The lowest BCUT2D eigenvalue weighted by molar-refractivity contribution is -0.119. The molecule has 1 atom stereocenters. The molecule has 1 aliphatic rings. The van der Waals surface area contributed by atoms with Crippen LogP contribution >= 0.6 is 31.9 Å². The summed E-state index contributed by atoms with van der Waals surface area (Å²) in [4.78, 5) is 11.8. The highest BCUT2D eigenvalue weighted by molar-refractivity contribution is 9.10. The number of carbonyl (C=O) groups is 1. The van der Waals surface area contributed by atoms with Gasteiger partial charge >= 0.3 is 0 Å². The maximum atomic E-state index is 11.8. The molecular weight excluding hydrogens is 332 g/mol. The maximum absolute atomic E-state index is 11.8. The normalized spacial score (nSPS) is 17.2. The smallest absolute Gasteiger partial charge is 0.149 e. The van der Waals surface area contributed by atoms with Crippen LogP contribution in [0.15, 0.2) is 22.7 Å². The highest BCUT2D eigenvalue weighted by Gasteiger charge is 2.33. The Morgan fingerprint density at radius 1 is 1.50 bits per heavy atom. The first-order valence-corrected chi connectivity index (χ1v) is 7.21. The van der Waals surface area contributed by atoms with E-state index < -0.39 is 0 Å². The van der Waals surface area contributed by atoms with Gasteiger partial charge < -0.3 is 0 Å². The highest BCUT2D eigenvalue weighted by Crippen LogP contribution is 2.34. The molecule has 1 saturated carbocycles. The number of halogens is 2. The zero-order chi connectivity index (χ0) is 11.7. The monoisotopic (exact) mass is 344 g/mol. The van der Waals surface area contributed by atoms with Crippen molar-refractivity contribution in [1.29, 1.82) is 0 Å². The highest BCUT2D eigenvalue weighted by atomic mass is 79.9. The minimum Gasteiger partial charge on any atom is -0.298 e. The topological polar surface area (TPSA) is 17.1 Å². The number of aryl methyl sites for hydroxylation is 1. The van der Waals surface area contributed by atoms with Crippen LogP contribution in [-0.4, -0.2) is 10.6 Å². The number of benzene rings is 1. The van der Waals surface area contributed by atoms with Gasteiger partial charge in [0.25, 0.3) is 0 Å². The van der Waals surface area contributed by atoms with Crippen LogP contribution in [0.2, 0.25) is 0 Å². The predicted octanol–water partition coefficient (Wildman–Crippen LogP) is 4.04. The second kappa shape index (κ2) is 5.01. The average molecular weight is 346 g/mol. The molecule has 0 spiro atoms. The summed E-state index contributed by atoms with van der Waals surface area (Å²) in [6.07, 6.45) is 2.93. The van der Waals surface area contributed by atoms with Crippen LogP contribution in [0.1, 0.15) is 24.0 Å². The molecule has 0 aromatic heterocycles. The van der Waals surface area contributed by atoms with Crippen LogP contribution in [0.4, 0.5) is 0 Å². The zero-order valence-corrected chi connectivity index (χ0v) is 12.3. The van der Waals surface area contributed by atoms with Gasteiger partial charge in [0.2, 0.25) is 0 Å². The summed E-state index contributed by atoms with van der Waals surface area (Å²) in [5.41, 5.74) is 2.43. The van der Waals surface area contributed by atoms with E-state index in [0.29, 0.717) is 11.7 Å². The van der Waals surface area contributed by atoms with Gasteiger partial charge in [-0.3, -0.25) is 4.79 Å². The lowest BCUT2D eigenvalue weighted by atomic mass is 10.0. The second-order valence-corrected chi connectivity index (χ2v) is 6.40. The zero-order valence-electron chi connectivity index (χ0n) is 9.17. The van der Waals surface area contributed by atoms with Crippen LogP contribution in [0.5, 0.6) is 0 Å². The molecule has 0 bridgehead atoms. The molecule has 1 unspecified atom stereocenters. The molecule has 0 saturated heterocycles. The molecule has 16 heavy (non-hydrogen) atoms. The van der Waals surface area contributed by atoms with Crippen molar-refractivity contribution in [3.63, 3.8) is 0 Å². The van der Waals surface area contributed by atoms with Crippen LogP contribution in [0.25, 0.3) is 0 Å². The SMILES string of the molecule is Cc1ccc(CC(Br)C(=O)C2CC2)c(Br)c1. The summed E-state index contributed by atoms with van der Waals surface area (Å²) in [7, 11) is 0. The van der Waals surface area contributed by atoms with E-state index in [0.717, 1.165) is 23.7 Å². The first kappa shape index (κ1) is 12.3. The van der Waals surface area contributed by atoms with Crippen molar-refractivity contribution in [1.82, 2.24) is 0 Å². The molecule has 0 aliphatic heterocycles. The van der Waals surface area contributed by atoms with E-state index in [4.69, 9.17) is 0 Å². The van der Waals surface area contributed by atoms with Gasteiger partial charge in [-0.15, -0.1) is 0 Å². The molecule has 0 radical (unpaired) electrons. The number of ketones is 1. The number of hydrogen-bond acceptors (Lipinski definition) is 1. The molecule has 1 fully saturated rings. The quantitative estimate of drug-likeness (QED) is 0.752. The predicted molar refractivity (Wildman–Crippen MR) is 73.0 cm³/mol. The number of alkyl halides is 1. The molecule has 1 aromatic carbocycles. The molecule has 3 heteroatoms. The molecule has 1 aromatic rings. The van der Waals surface area contributed by atoms with Gasteiger partial charge in [-0.1, -0.05) is 44.0 Å². The summed E-state index contributed by atoms with van der Waals surface area (Å²) in [6, 6.07) is 6.27. The number of Topliss-reactive ketones (excluding diaryl/α,β-unsaturated/α-hetero) is 1. The molecule has 2 rings (SSSR count). The molecule has 86 valence electrons. The van der Waals surface area contributed by atoms with Crippen LogP contribution < -0.4 is 0 Å². The van der Waals surface area contributed by atoms with Crippen molar-refractivity contribution in [2.75, 3.05) is 0 Å². The first-order chi connectivity index (χ1) is 7.58. The van der Waals surface area contributed by atoms with E-state index >= 15 is 0 Å². The van der Waals surface area contributed by atoms with Crippen LogP contribution in [-0.2, 0) is 11.2 Å². The Morgan fingerprint density at radius 2 is 2.19 bits per heavy atom. The first-order valence-electron chi connectivity index (χ1n) is 5.51. The van der Waals surface area contributed by atoms with E-state index in [2.05, 4.69) is 57.0 Å². The summed E-state index contributed by atoms with van der Waals surface area (Å²) in [5.74, 6) is 0.695. The van der Waals surface area contributed by atoms with Gasteiger partial charge in [0, 0.05) is 10.4 Å². The Hall–Kier alpha value is -0.150. The fourth-order valence-corrected chi connectivity index (χ4v) is 3.11.